The van der Waals surface area contributed by atoms with Crippen LogP contribution in [0.15, 0.2) is 41.2 Å². The zero-order valence-corrected chi connectivity index (χ0v) is 16.8. The highest BCUT2D eigenvalue weighted by atomic mass is 16.5. The molecule has 2 amide bonds. The fraction of sp³-hybridized carbons (Fsp3) is 0.300. The molecular weight excluding hydrogens is 390 g/mol. The van der Waals surface area contributed by atoms with Crippen LogP contribution in [0.2, 0.25) is 0 Å². The average Bonchev–Trinajstić information content (AvgIpc) is 3.22. The van der Waals surface area contributed by atoms with Gasteiger partial charge in [-0.1, -0.05) is 5.16 Å². The number of urea groups is 1. The summed E-state index contributed by atoms with van der Waals surface area (Å²) < 4.78 is 21.3. The summed E-state index contributed by atoms with van der Waals surface area (Å²) in [5.74, 6) is 2.37. The Labute approximate surface area is 172 Å². The summed E-state index contributed by atoms with van der Waals surface area (Å²) in [6.45, 7) is 0.954. The number of likely N-dealkylation sites (tertiary alicyclic amines) is 1. The van der Waals surface area contributed by atoms with Gasteiger partial charge in [-0.3, -0.25) is 4.98 Å². The number of pyridine rings is 1. The third-order valence-electron chi connectivity index (χ3n) is 4.80. The highest BCUT2D eigenvalue weighted by Gasteiger charge is 2.36. The van der Waals surface area contributed by atoms with Crippen molar-refractivity contribution in [2.45, 2.75) is 5.92 Å². The molecule has 0 spiro atoms. The van der Waals surface area contributed by atoms with E-state index < -0.39 is 0 Å². The third-order valence-corrected chi connectivity index (χ3v) is 4.80. The van der Waals surface area contributed by atoms with Crippen molar-refractivity contribution in [2.24, 2.45) is 0 Å². The van der Waals surface area contributed by atoms with Gasteiger partial charge in [0.1, 0.15) is 0 Å². The molecule has 1 N–H and O–H groups in total. The molecule has 156 valence electrons. The molecule has 0 saturated carbocycles. The fourth-order valence-electron chi connectivity index (χ4n) is 3.17. The second kappa shape index (κ2) is 8.27. The van der Waals surface area contributed by atoms with Crippen LogP contribution in [0.1, 0.15) is 11.8 Å². The first kappa shape index (κ1) is 19.5. The van der Waals surface area contributed by atoms with E-state index in [9.17, 15) is 4.79 Å². The zero-order valence-electron chi connectivity index (χ0n) is 16.8. The number of hydrogen-bond donors (Lipinski definition) is 1. The first-order chi connectivity index (χ1) is 14.6. The van der Waals surface area contributed by atoms with Crippen LogP contribution in [0.4, 0.5) is 10.5 Å². The average molecular weight is 411 g/mol. The normalized spacial score (nSPS) is 13.5. The molecule has 0 aliphatic carbocycles. The van der Waals surface area contributed by atoms with Gasteiger partial charge in [-0.25, -0.2) is 4.79 Å². The molecule has 0 unspecified atom stereocenters. The van der Waals surface area contributed by atoms with Crippen LogP contribution in [0, 0.1) is 0 Å². The van der Waals surface area contributed by atoms with Gasteiger partial charge in [0.15, 0.2) is 11.5 Å². The predicted molar refractivity (Wildman–Crippen MR) is 107 cm³/mol. The molecule has 2 aromatic heterocycles. The molecular formula is C20H21N5O5. The highest BCUT2D eigenvalue weighted by Crippen LogP contribution is 2.40. The molecule has 3 aromatic rings. The maximum atomic E-state index is 12.6. The molecule has 0 atom stereocenters. The van der Waals surface area contributed by atoms with E-state index in [1.165, 1.54) is 21.3 Å². The number of anilines is 1. The molecule has 1 aliphatic rings. The number of nitrogens with one attached hydrogen (secondary N) is 1. The topological polar surface area (TPSA) is 112 Å². The van der Waals surface area contributed by atoms with Gasteiger partial charge in [0.05, 0.1) is 32.9 Å². The van der Waals surface area contributed by atoms with E-state index in [1.807, 2.05) is 12.1 Å². The number of hydrogen-bond acceptors (Lipinski definition) is 8. The van der Waals surface area contributed by atoms with Crippen molar-refractivity contribution in [3.8, 4) is 28.6 Å². The molecule has 1 fully saturated rings. The fourth-order valence-corrected chi connectivity index (χ4v) is 3.17. The summed E-state index contributed by atoms with van der Waals surface area (Å²) in [5.41, 5.74) is 1.32. The number of rotatable bonds is 6. The van der Waals surface area contributed by atoms with Crippen LogP contribution < -0.4 is 19.5 Å². The second-order valence-electron chi connectivity index (χ2n) is 6.64. The summed E-state index contributed by atoms with van der Waals surface area (Å²) in [6.07, 6.45) is 3.35. The lowest BCUT2D eigenvalue weighted by atomic mass is 10.0. The van der Waals surface area contributed by atoms with Crippen molar-refractivity contribution < 1.29 is 23.5 Å². The van der Waals surface area contributed by atoms with Gasteiger partial charge in [0, 0.05) is 43.2 Å². The van der Waals surface area contributed by atoms with Gasteiger partial charge in [-0.2, -0.15) is 4.98 Å². The summed E-state index contributed by atoms with van der Waals surface area (Å²) in [7, 11) is 4.57. The van der Waals surface area contributed by atoms with Crippen molar-refractivity contribution in [1.29, 1.82) is 0 Å². The number of aromatic nitrogens is 3. The summed E-state index contributed by atoms with van der Waals surface area (Å²) in [5, 5.41) is 6.84. The number of carbonyl (C=O) groups is 1. The van der Waals surface area contributed by atoms with Crippen LogP contribution in [0.3, 0.4) is 0 Å². The van der Waals surface area contributed by atoms with Crippen molar-refractivity contribution in [3.63, 3.8) is 0 Å². The van der Waals surface area contributed by atoms with E-state index in [0.717, 1.165) is 5.56 Å². The molecule has 1 aliphatic heterocycles. The quantitative estimate of drug-likeness (QED) is 0.659. The molecule has 10 nitrogen and oxygen atoms in total. The monoisotopic (exact) mass is 411 g/mol. The van der Waals surface area contributed by atoms with Crippen molar-refractivity contribution in [3.05, 3.63) is 42.5 Å². The molecule has 10 heteroatoms. The zero-order chi connectivity index (χ0) is 21.1. The number of ether oxygens (including phenoxy) is 3. The van der Waals surface area contributed by atoms with E-state index >= 15 is 0 Å². The summed E-state index contributed by atoms with van der Waals surface area (Å²) >= 11 is 0. The smallest absolute Gasteiger partial charge is 0.321 e. The molecule has 30 heavy (non-hydrogen) atoms. The minimum atomic E-state index is -0.243. The van der Waals surface area contributed by atoms with E-state index in [1.54, 1.807) is 29.4 Å². The molecule has 1 aromatic carbocycles. The molecule has 0 bridgehead atoms. The Kier molecular flexibility index (Phi) is 5.38. The van der Waals surface area contributed by atoms with Gasteiger partial charge in [-0.05, 0) is 12.1 Å². The van der Waals surface area contributed by atoms with Gasteiger partial charge < -0.3 is 29.0 Å². The Hall–Kier alpha value is -3.82. The van der Waals surface area contributed by atoms with Crippen LogP contribution in [0.25, 0.3) is 11.4 Å². The van der Waals surface area contributed by atoms with E-state index in [4.69, 9.17) is 18.7 Å². The Balaban J connectivity index is 1.39. The minimum absolute atomic E-state index is 0.00592. The second-order valence-corrected chi connectivity index (χ2v) is 6.64. The lowest BCUT2D eigenvalue weighted by Crippen LogP contribution is -2.50. The van der Waals surface area contributed by atoms with Gasteiger partial charge in [0.25, 0.3) is 0 Å². The van der Waals surface area contributed by atoms with Gasteiger partial charge in [-0.15, -0.1) is 0 Å². The van der Waals surface area contributed by atoms with Crippen molar-refractivity contribution in [2.75, 3.05) is 39.7 Å². The van der Waals surface area contributed by atoms with E-state index in [2.05, 4.69) is 20.4 Å². The summed E-state index contributed by atoms with van der Waals surface area (Å²) in [6, 6.07) is 6.78. The Morgan fingerprint density at radius 2 is 1.90 bits per heavy atom. The third kappa shape index (κ3) is 3.71. The number of amides is 2. The number of methoxy groups -OCH3 is 3. The lowest BCUT2D eigenvalue weighted by Gasteiger charge is -2.36. The Morgan fingerprint density at radius 1 is 1.17 bits per heavy atom. The molecule has 3 heterocycles. The Morgan fingerprint density at radius 3 is 2.50 bits per heavy atom. The van der Waals surface area contributed by atoms with Crippen LogP contribution >= 0.6 is 0 Å². The first-order valence-electron chi connectivity index (χ1n) is 9.23. The van der Waals surface area contributed by atoms with Gasteiger partial charge in [0.2, 0.25) is 17.5 Å². The maximum absolute atomic E-state index is 12.6. The maximum Gasteiger partial charge on any atom is 0.321 e. The van der Waals surface area contributed by atoms with Crippen molar-refractivity contribution >= 4 is 11.7 Å². The molecule has 4 rings (SSSR count). The van der Waals surface area contributed by atoms with Crippen LogP contribution in [-0.2, 0) is 0 Å². The van der Waals surface area contributed by atoms with Crippen molar-refractivity contribution in [1.82, 2.24) is 20.0 Å². The largest absolute Gasteiger partial charge is 0.493 e. The minimum Gasteiger partial charge on any atom is -0.493 e. The number of benzene rings is 1. The van der Waals surface area contributed by atoms with E-state index in [-0.39, 0.29) is 11.9 Å². The molecule has 1 saturated heterocycles. The number of carbonyl (C=O) groups excluding carboxylic acids is 1. The van der Waals surface area contributed by atoms with Crippen LogP contribution in [-0.4, -0.2) is 60.5 Å². The van der Waals surface area contributed by atoms with E-state index in [0.29, 0.717) is 47.7 Å². The lowest BCUT2D eigenvalue weighted by molar-refractivity contribution is 0.147. The predicted octanol–water partition coefficient (Wildman–Crippen LogP) is 2.79. The van der Waals surface area contributed by atoms with Gasteiger partial charge >= 0.3 is 6.03 Å². The SMILES string of the molecule is COc1cc(NC(=O)N2CC(c3nc(-c4cccnc4)no3)C2)cc(OC)c1OC. The van der Waals surface area contributed by atoms with Crippen LogP contribution in [0.5, 0.6) is 17.2 Å². The first-order valence-corrected chi connectivity index (χ1v) is 9.23. The summed E-state index contributed by atoms with van der Waals surface area (Å²) in [4.78, 5) is 22.7. The standard InChI is InChI=1S/C20H21N5O5/c1-27-15-7-14(8-16(28-2)17(15)29-3)22-20(26)25-10-13(11-25)19-23-18(24-30-19)12-5-4-6-21-9-12/h4-9,13H,10-11H2,1-3H3,(H,22,26). The Bertz CT molecular complexity index is 1010. The number of nitrogens with zero attached hydrogens (tertiary/aromatic N) is 4. The molecule has 0 radical (unpaired) electrons. The highest BCUT2D eigenvalue weighted by molar-refractivity contribution is 5.91.